The maximum absolute atomic E-state index is 4.04. The zero-order chi connectivity index (χ0) is 13.6. The van der Waals surface area contributed by atoms with Gasteiger partial charge in [0.25, 0.3) is 0 Å². The molecule has 0 spiro atoms. The summed E-state index contributed by atoms with van der Waals surface area (Å²) >= 11 is 0. The molecule has 110 valence electrons. The van der Waals surface area contributed by atoms with Gasteiger partial charge in [-0.05, 0) is 32.4 Å². The fourth-order valence-electron chi connectivity index (χ4n) is 2.30. The summed E-state index contributed by atoms with van der Waals surface area (Å²) in [5, 5.41) is 3.54. The van der Waals surface area contributed by atoms with Gasteiger partial charge in [0.1, 0.15) is 0 Å². The molecule has 0 aromatic carbocycles. The summed E-state index contributed by atoms with van der Waals surface area (Å²) in [7, 11) is 0. The molecule has 0 saturated heterocycles. The number of unbranched alkanes of at least 4 members (excludes halogenated alkanes) is 7. The Morgan fingerprint density at radius 2 is 1.58 bits per heavy atom. The van der Waals surface area contributed by atoms with Crippen LogP contribution in [0, 0.1) is 0 Å². The molecule has 3 nitrogen and oxygen atoms in total. The van der Waals surface area contributed by atoms with Crippen LogP contribution < -0.4 is 5.32 Å². The average Bonchev–Trinajstić information content (AvgIpc) is 2.93. The maximum atomic E-state index is 4.04. The molecule has 0 fully saturated rings. The van der Waals surface area contributed by atoms with Crippen molar-refractivity contribution in [3.63, 3.8) is 0 Å². The topological polar surface area (TPSA) is 29.9 Å². The lowest BCUT2D eigenvalue weighted by Gasteiger charge is -2.05. The number of rotatable bonds is 13. The van der Waals surface area contributed by atoms with E-state index in [0.717, 1.165) is 13.1 Å². The van der Waals surface area contributed by atoms with Crippen molar-refractivity contribution in [1.82, 2.24) is 14.9 Å². The number of nitrogens with zero attached hydrogens (tertiary/aromatic N) is 2. The summed E-state index contributed by atoms with van der Waals surface area (Å²) in [6.45, 7) is 5.72. The molecule has 1 rings (SSSR count). The zero-order valence-corrected chi connectivity index (χ0v) is 12.6. The van der Waals surface area contributed by atoms with Crippen molar-refractivity contribution in [2.24, 2.45) is 0 Å². The lowest BCUT2D eigenvalue weighted by molar-refractivity contribution is 0.537. The molecule has 3 heteroatoms. The number of nitrogens with one attached hydrogen (secondary N) is 1. The highest BCUT2D eigenvalue weighted by atomic mass is 15.0. The number of imidazole rings is 1. The molecule has 0 aliphatic carbocycles. The molecule has 0 saturated carbocycles. The second-order valence-electron chi connectivity index (χ2n) is 5.38. The van der Waals surface area contributed by atoms with Crippen molar-refractivity contribution < 1.29 is 0 Å². The third-order valence-electron chi connectivity index (χ3n) is 3.54. The van der Waals surface area contributed by atoms with Crippen LogP contribution in [0.2, 0.25) is 0 Å². The first kappa shape index (κ1) is 16.2. The highest BCUT2D eigenvalue weighted by Gasteiger charge is 1.93. The molecule has 0 amide bonds. The first-order chi connectivity index (χ1) is 9.43. The van der Waals surface area contributed by atoms with Gasteiger partial charge in [-0.25, -0.2) is 4.98 Å². The Bertz CT molecular complexity index is 270. The molecule has 0 unspecified atom stereocenters. The van der Waals surface area contributed by atoms with Crippen molar-refractivity contribution in [3.05, 3.63) is 18.7 Å². The average molecular weight is 265 g/mol. The fraction of sp³-hybridized carbons (Fsp3) is 0.812. The summed E-state index contributed by atoms with van der Waals surface area (Å²) in [5.74, 6) is 0. The van der Waals surface area contributed by atoms with Gasteiger partial charge in [-0.15, -0.1) is 0 Å². The number of hydrogen-bond acceptors (Lipinski definition) is 2. The predicted octanol–water partition coefficient (Wildman–Crippen LogP) is 4.00. The molecule has 0 bridgehead atoms. The van der Waals surface area contributed by atoms with E-state index < -0.39 is 0 Å². The zero-order valence-electron chi connectivity index (χ0n) is 12.6. The van der Waals surface area contributed by atoms with Gasteiger partial charge in [0.15, 0.2) is 0 Å². The molecule has 1 heterocycles. The van der Waals surface area contributed by atoms with Crippen molar-refractivity contribution in [3.8, 4) is 0 Å². The SMILES string of the molecule is CCCCCCCCCNCCCCn1ccnc1. The van der Waals surface area contributed by atoms with E-state index in [1.54, 1.807) is 0 Å². The van der Waals surface area contributed by atoms with Gasteiger partial charge in [0.2, 0.25) is 0 Å². The number of aromatic nitrogens is 2. The summed E-state index contributed by atoms with van der Waals surface area (Å²) in [4.78, 5) is 4.04. The smallest absolute Gasteiger partial charge is 0.0945 e. The lowest BCUT2D eigenvalue weighted by Crippen LogP contribution is -2.17. The van der Waals surface area contributed by atoms with E-state index in [4.69, 9.17) is 0 Å². The number of hydrogen-bond donors (Lipinski definition) is 1. The first-order valence-electron chi connectivity index (χ1n) is 8.10. The molecule has 0 aliphatic rings. The summed E-state index contributed by atoms with van der Waals surface area (Å²) < 4.78 is 2.15. The van der Waals surface area contributed by atoms with Crippen LogP contribution in [-0.2, 0) is 6.54 Å². The van der Waals surface area contributed by atoms with E-state index >= 15 is 0 Å². The molecule has 1 aromatic rings. The molecule has 19 heavy (non-hydrogen) atoms. The Morgan fingerprint density at radius 3 is 2.26 bits per heavy atom. The first-order valence-corrected chi connectivity index (χ1v) is 8.10. The van der Waals surface area contributed by atoms with Gasteiger partial charge in [-0.3, -0.25) is 0 Å². The van der Waals surface area contributed by atoms with Gasteiger partial charge in [0.05, 0.1) is 6.33 Å². The summed E-state index contributed by atoms with van der Waals surface area (Å²) in [6.07, 6.45) is 18.0. The Morgan fingerprint density at radius 1 is 0.895 bits per heavy atom. The van der Waals surface area contributed by atoms with Crippen molar-refractivity contribution in [1.29, 1.82) is 0 Å². The van der Waals surface area contributed by atoms with Crippen LogP contribution in [0.3, 0.4) is 0 Å². The quantitative estimate of drug-likeness (QED) is 0.546. The molecular weight excluding hydrogens is 234 g/mol. The Labute approximate surface area is 118 Å². The standard InChI is InChI=1S/C16H31N3/c1-2-3-4-5-6-7-8-11-17-12-9-10-14-19-15-13-18-16-19/h13,15-17H,2-12,14H2,1H3. The van der Waals surface area contributed by atoms with E-state index in [1.165, 1.54) is 64.3 Å². The van der Waals surface area contributed by atoms with Crippen molar-refractivity contribution in [2.45, 2.75) is 71.3 Å². The van der Waals surface area contributed by atoms with Gasteiger partial charge in [-0.2, -0.15) is 0 Å². The molecule has 0 atom stereocenters. The summed E-state index contributed by atoms with van der Waals surface area (Å²) in [6, 6.07) is 0. The molecule has 0 radical (unpaired) electrons. The predicted molar refractivity (Wildman–Crippen MR) is 82.3 cm³/mol. The van der Waals surface area contributed by atoms with Crippen LogP contribution in [0.5, 0.6) is 0 Å². The van der Waals surface area contributed by atoms with Crippen LogP contribution in [0.15, 0.2) is 18.7 Å². The highest BCUT2D eigenvalue weighted by Crippen LogP contribution is 2.06. The third-order valence-corrected chi connectivity index (χ3v) is 3.54. The van der Waals surface area contributed by atoms with E-state index in [1.807, 2.05) is 18.7 Å². The van der Waals surface area contributed by atoms with E-state index in [9.17, 15) is 0 Å². The van der Waals surface area contributed by atoms with Crippen LogP contribution in [0.25, 0.3) is 0 Å². The van der Waals surface area contributed by atoms with Gasteiger partial charge in [0, 0.05) is 18.9 Å². The summed E-state index contributed by atoms with van der Waals surface area (Å²) in [5.41, 5.74) is 0. The number of aryl methyl sites for hydroxylation is 1. The lowest BCUT2D eigenvalue weighted by atomic mass is 10.1. The molecule has 1 aromatic heterocycles. The normalized spacial score (nSPS) is 11.0. The highest BCUT2D eigenvalue weighted by molar-refractivity contribution is 4.73. The second-order valence-corrected chi connectivity index (χ2v) is 5.38. The largest absolute Gasteiger partial charge is 0.337 e. The van der Waals surface area contributed by atoms with Crippen molar-refractivity contribution >= 4 is 0 Å². The van der Waals surface area contributed by atoms with Crippen LogP contribution in [-0.4, -0.2) is 22.6 Å². The minimum absolute atomic E-state index is 1.10. The molecule has 1 N–H and O–H groups in total. The molecular formula is C16H31N3. The van der Waals surface area contributed by atoms with Gasteiger partial charge in [-0.1, -0.05) is 45.4 Å². The van der Waals surface area contributed by atoms with E-state index in [2.05, 4.69) is 21.8 Å². The van der Waals surface area contributed by atoms with Crippen LogP contribution in [0.1, 0.15) is 64.7 Å². The molecule has 0 aliphatic heterocycles. The van der Waals surface area contributed by atoms with Crippen LogP contribution >= 0.6 is 0 Å². The minimum atomic E-state index is 1.10. The Hall–Kier alpha value is -0.830. The Balaban J connectivity index is 1.72. The van der Waals surface area contributed by atoms with Crippen LogP contribution in [0.4, 0.5) is 0 Å². The minimum Gasteiger partial charge on any atom is -0.337 e. The monoisotopic (exact) mass is 265 g/mol. The second kappa shape index (κ2) is 12.2. The van der Waals surface area contributed by atoms with E-state index in [-0.39, 0.29) is 0 Å². The van der Waals surface area contributed by atoms with Gasteiger partial charge >= 0.3 is 0 Å². The van der Waals surface area contributed by atoms with Crippen molar-refractivity contribution in [2.75, 3.05) is 13.1 Å². The Kier molecular flexibility index (Phi) is 10.4. The van der Waals surface area contributed by atoms with Gasteiger partial charge < -0.3 is 9.88 Å². The fourth-order valence-corrected chi connectivity index (χ4v) is 2.30. The maximum Gasteiger partial charge on any atom is 0.0945 e. The van der Waals surface area contributed by atoms with E-state index in [0.29, 0.717) is 0 Å². The third kappa shape index (κ3) is 9.71.